The van der Waals surface area contributed by atoms with Crippen LogP contribution in [-0.4, -0.2) is 17.5 Å². The fourth-order valence-corrected chi connectivity index (χ4v) is 1.58. The van der Waals surface area contributed by atoms with E-state index in [0.29, 0.717) is 25.0 Å². The van der Waals surface area contributed by atoms with Gasteiger partial charge in [0.1, 0.15) is 5.75 Å². The third kappa shape index (κ3) is 4.80. The second-order valence-electron chi connectivity index (χ2n) is 4.34. The minimum Gasteiger partial charge on any atom is -0.494 e. The number of rotatable bonds is 6. The number of ether oxygens (including phenoxy) is 1. The first-order valence-electron chi connectivity index (χ1n) is 6.46. The van der Waals surface area contributed by atoms with Crippen molar-refractivity contribution < 1.29 is 27.1 Å². The van der Waals surface area contributed by atoms with Crippen LogP contribution in [0.15, 0.2) is 40.9 Å². The molecule has 8 heteroatoms. The van der Waals surface area contributed by atoms with Gasteiger partial charge in [-0.1, -0.05) is 18.2 Å². The molecule has 1 N–H and O–H groups in total. The van der Waals surface area contributed by atoms with Gasteiger partial charge in [0.05, 0.1) is 12.8 Å². The fraction of sp³-hybridized carbons (Fsp3) is 0.286. The number of carbonyl (C=O) groups is 1. The van der Waals surface area contributed by atoms with Crippen LogP contribution in [0, 0.1) is 0 Å². The number of aromatic nitrogens is 1. The van der Waals surface area contributed by atoms with Crippen LogP contribution >= 0.6 is 0 Å². The first kappa shape index (κ1) is 15.9. The number of nitrogens with zero attached hydrogens (tertiary/aromatic N) is 1. The van der Waals surface area contributed by atoms with Gasteiger partial charge in [0.25, 0.3) is 0 Å². The van der Waals surface area contributed by atoms with Crippen LogP contribution in [0.25, 0.3) is 0 Å². The maximum absolute atomic E-state index is 12.3. The summed E-state index contributed by atoms with van der Waals surface area (Å²) in [5.41, 5.74) is 0. The van der Waals surface area contributed by atoms with Gasteiger partial charge in [-0.3, -0.25) is 10.1 Å². The smallest absolute Gasteiger partial charge is 0.451 e. The first-order chi connectivity index (χ1) is 10.4. The van der Waals surface area contributed by atoms with E-state index in [1.54, 1.807) is 12.1 Å². The van der Waals surface area contributed by atoms with Gasteiger partial charge in [-0.05, 0) is 18.6 Å². The number of amides is 1. The van der Waals surface area contributed by atoms with Crippen molar-refractivity contribution in [2.45, 2.75) is 19.0 Å². The van der Waals surface area contributed by atoms with Crippen LogP contribution < -0.4 is 10.1 Å². The zero-order valence-electron chi connectivity index (χ0n) is 11.4. The Bertz CT molecular complexity index is 611. The second-order valence-corrected chi connectivity index (χ2v) is 4.34. The van der Waals surface area contributed by atoms with E-state index in [9.17, 15) is 18.0 Å². The molecule has 0 saturated heterocycles. The summed E-state index contributed by atoms with van der Waals surface area (Å²) in [7, 11) is 0. The lowest BCUT2D eigenvalue weighted by atomic mass is 10.3. The van der Waals surface area contributed by atoms with Crippen molar-refractivity contribution in [1.29, 1.82) is 0 Å². The van der Waals surface area contributed by atoms with Gasteiger partial charge in [-0.2, -0.15) is 13.2 Å². The molecular formula is C14H13F3N2O3. The summed E-state index contributed by atoms with van der Waals surface area (Å²) < 4.78 is 46.6. The average Bonchev–Trinajstić information content (AvgIpc) is 2.93. The molecule has 0 unspecified atom stereocenters. The highest BCUT2D eigenvalue weighted by Gasteiger charge is 2.35. The summed E-state index contributed by atoms with van der Waals surface area (Å²) in [5, 5.41) is 2.16. The molecule has 0 aliphatic rings. The highest BCUT2D eigenvalue weighted by atomic mass is 19.4. The highest BCUT2D eigenvalue weighted by molar-refractivity contribution is 5.88. The van der Waals surface area contributed by atoms with Crippen LogP contribution in [-0.2, 0) is 11.0 Å². The number of anilines is 1. The van der Waals surface area contributed by atoms with Crippen LogP contribution in [0.4, 0.5) is 19.2 Å². The molecule has 0 fully saturated rings. The van der Waals surface area contributed by atoms with Gasteiger partial charge in [0, 0.05) is 6.42 Å². The molecule has 1 aromatic heterocycles. The molecule has 1 amide bonds. The molecule has 22 heavy (non-hydrogen) atoms. The number of alkyl halides is 3. The Morgan fingerprint density at radius 1 is 1.27 bits per heavy atom. The quantitative estimate of drug-likeness (QED) is 0.829. The molecule has 0 bridgehead atoms. The molecular weight excluding hydrogens is 301 g/mol. The predicted molar refractivity (Wildman–Crippen MR) is 71.3 cm³/mol. The molecule has 5 nitrogen and oxygen atoms in total. The lowest BCUT2D eigenvalue weighted by molar-refractivity contribution is -0.152. The van der Waals surface area contributed by atoms with E-state index >= 15 is 0 Å². The van der Waals surface area contributed by atoms with Crippen LogP contribution in [0.1, 0.15) is 18.6 Å². The van der Waals surface area contributed by atoms with Gasteiger partial charge in [-0.15, -0.1) is 0 Å². The Kier molecular flexibility index (Phi) is 5.03. The van der Waals surface area contributed by atoms with Crippen LogP contribution in [0.3, 0.4) is 0 Å². The van der Waals surface area contributed by atoms with Crippen LogP contribution in [0.5, 0.6) is 5.75 Å². The molecule has 0 radical (unpaired) electrons. The van der Waals surface area contributed by atoms with Crippen molar-refractivity contribution in [2.24, 2.45) is 0 Å². The molecule has 0 spiro atoms. The van der Waals surface area contributed by atoms with Crippen molar-refractivity contribution in [3.8, 4) is 5.75 Å². The number of nitrogens with one attached hydrogen (secondary N) is 1. The zero-order chi connectivity index (χ0) is 16.0. The lowest BCUT2D eigenvalue weighted by Gasteiger charge is -2.05. The Hall–Kier alpha value is -2.51. The Morgan fingerprint density at radius 2 is 2.00 bits per heavy atom. The van der Waals surface area contributed by atoms with E-state index in [2.05, 4.69) is 14.7 Å². The third-order valence-corrected chi connectivity index (χ3v) is 2.59. The molecule has 0 saturated carbocycles. The number of hydrogen-bond donors (Lipinski definition) is 1. The Balaban J connectivity index is 1.71. The monoisotopic (exact) mass is 314 g/mol. The minimum atomic E-state index is -4.63. The van der Waals surface area contributed by atoms with Crippen molar-refractivity contribution in [3.05, 3.63) is 42.3 Å². The molecule has 2 rings (SSSR count). The molecule has 0 aliphatic heterocycles. The number of benzene rings is 1. The van der Waals surface area contributed by atoms with Crippen molar-refractivity contribution in [1.82, 2.24) is 4.98 Å². The molecule has 2 aromatic rings. The zero-order valence-corrected chi connectivity index (χ0v) is 11.4. The van der Waals surface area contributed by atoms with Crippen LogP contribution in [0.2, 0.25) is 0 Å². The van der Waals surface area contributed by atoms with Gasteiger partial charge in [-0.25, -0.2) is 4.98 Å². The fourth-order valence-electron chi connectivity index (χ4n) is 1.58. The third-order valence-electron chi connectivity index (χ3n) is 2.59. The molecule has 118 valence electrons. The van der Waals surface area contributed by atoms with Crippen molar-refractivity contribution in [3.63, 3.8) is 0 Å². The maximum atomic E-state index is 12.3. The Labute approximate surface area is 124 Å². The Morgan fingerprint density at radius 3 is 2.64 bits per heavy atom. The second kappa shape index (κ2) is 6.97. The molecule has 1 heterocycles. The molecule has 1 aromatic carbocycles. The number of para-hydroxylation sites is 1. The van der Waals surface area contributed by atoms with Gasteiger partial charge < -0.3 is 9.15 Å². The lowest BCUT2D eigenvalue weighted by Crippen LogP contribution is -2.13. The highest BCUT2D eigenvalue weighted by Crippen LogP contribution is 2.30. The van der Waals surface area contributed by atoms with E-state index in [1.807, 2.05) is 18.2 Å². The summed E-state index contributed by atoms with van der Waals surface area (Å²) in [4.78, 5) is 14.9. The van der Waals surface area contributed by atoms with E-state index in [0.717, 1.165) is 0 Å². The summed E-state index contributed by atoms with van der Waals surface area (Å²) >= 11 is 0. The summed E-state index contributed by atoms with van der Waals surface area (Å²) in [5.74, 6) is -1.06. The van der Waals surface area contributed by atoms with Crippen molar-refractivity contribution >= 4 is 11.9 Å². The summed E-state index contributed by atoms with van der Waals surface area (Å²) in [6.07, 6.45) is -3.61. The topological polar surface area (TPSA) is 64.4 Å². The first-order valence-corrected chi connectivity index (χ1v) is 6.46. The average molecular weight is 314 g/mol. The van der Waals surface area contributed by atoms with Gasteiger partial charge >= 0.3 is 12.2 Å². The minimum absolute atomic E-state index is 0.0799. The summed E-state index contributed by atoms with van der Waals surface area (Å²) in [6, 6.07) is 8.59. The number of carbonyl (C=O) groups excluding carboxylic acids is 1. The van der Waals surface area contributed by atoms with E-state index < -0.39 is 23.9 Å². The SMILES string of the molecule is O=C(CCCOc1ccccc1)Nc1ncc(C(F)(F)F)o1. The normalized spacial score (nSPS) is 11.2. The molecule has 0 aliphatic carbocycles. The maximum Gasteiger partial charge on any atom is 0.451 e. The predicted octanol–water partition coefficient (Wildman–Crippen LogP) is 3.49. The standard InChI is InChI=1S/C14H13F3N2O3/c15-14(16,17)11-9-18-13(22-11)19-12(20)7-4-8-21-10-5-2-1-3-6-10/h1-3,5-6,9H,4,7-8H2,(H,18,19,20). The summed E-state index contributed by atoms with van der Waals surface area (Å²) in [6.45, 7) is 0.316. The molecule has 0 atom stereocenters. The van der Waals surface area contributed by atoms with E-state index in [1.165, 1.54) is 0 Å². The van der Waals surface area contributed by atoms with E-state index in [-0.39, 0.29) is 6.42 Å². The number of halogens is 3. The number of oxazole rings is 1. The van der Waals surface area contributed by atoms with Gasteiger partial charge in [0.2, 0.25) is 11.7 Å². The van der Waals surface area contributed by atoms with E-state index in [4.69, 9.17) is 4.74 Å². The van der Waals surface area contributed by atoms with Crippen molar-refractivity contribution in [2.75, 3.05) is 11.9 Å². The largest absolute Gasteiger partial charge is 0.494 e. The van der Waals surface area contributed by atoms with Gasteiger partial charge in [0.15, 0.2) is 0 Å². The number of hydrogen-bond acceptors (Lipinski definition) is 4.